The van der Waals surface area contributed by atoms with Crippen molar-refractivity contribution in [3.8, 4) is 0 Å². The normalized spacial score (nSPS) is 10.4. The van der Waals surface area contributed by atoms with Crippen molar-refractivity contribution < 1.29 is 14.7 Å². The predicted octanol–water partition coefficient (Wildman–Crippen LogP) is 3.35. The third-order valence-electron chi connectivity index (χ3n) is 3.02. The van der Waals surface area contributed by atoms with Gasteiger partial charge in [-0.1, -0.05) is 13.3 Å². The highest BCUT2D eigenvalue weighted by molar-refractivity contribution is 7.14. The van der Waals surface area contributed by atoms with Gasteiger partial charge in [0, 0.05) is 11.1 Å². The van der Waals surface area contributed by atoms with Crippen molar-refractivity contribution >= 4 is 28.9 Å². The largest absolute Gasteiger partial charge is 0.476 e. The molecule has 2 N–H and O–H groups in total. The van der Waals surface area contributed by atoms with Gasteiger partial charge in [-0.3, -0.25) is 4.79 Å². The number of nitrogens with one attached hydrogen (secondary N) is 1. The van der Waals surface area contributed by atoms with E-state index >= 15 is 0 Å². The van der Waals surface area contributed by atoms with Crippen LogP contribution >= 0.6 is 11.3 Å². The number of aromatic nitrogens is 1. The van der Waals surface area contributed by atoms with E-state index in [4.69, 9.17) is 5.11 Å². The minimum Gasteiger partial charge on any atom is -0.476 e. The molecule has 0 aromatic carbocycles. The van der Waals surface area contributed by atoms with Gasteiger partial charge >= 0.3 is 5.97 Å². The maximum Gasteiger partial charge on any atom is 0.356 e. The number of carbonyl (C=O) groups is 2. The fraction of sp³-hybridized carbons (Fsp3) is 0.267. The summed E-state index contributed by atoms with van der Waals surface area (Å²) in [6, 6.07) is 4.99. The van der Waals surface area contributed by atoms with Gasteiger partial charge in [0.15, 0.2) is 5.69 Å². The Balaban J connectivity index is 2.22. The molecule has 2 rings (SSSR count). The Kier molecular flexibility index (Phi) is 4.70. The topological polar surface area (TPSA) is 79.3 Å². The molecule has 0 saturated heterocycles. The number of amides is 1. The van der Waals surface area contributed by atoms with E-state index in [1.165, 1.54) is 23.6 Å². The van der Waals surface area contributed by atoms with Crippen molar-refractivity contribution in [2.24, 2.45) is 0 Å². The number of rotatable bonds is 5. The number of carboxylic acid groups (broad SMARTS) is 1. The Labute approximate surface area is 126 Å². The molecule has 0 aliphatic carbocycles. The second kappa shape index (κ2) is 6.49. The molecule has 6 heteroatoms. The molecule has 2 aromatic rings. The Morgan fingerprint density at radius 2 is 2.19 bits per heavy atom. The number of hydrogen-bond acceptors (Lipinski definition) is 4. The van der Waals surface area contributed by atoms with Crippen LogP contribution in [0.3, 0.4) is 0 Å². The summed E-state index contributed by atoms with van der Waals surface area (Å²) >= 11 is 1.42. The monoisotopic (exact) mass is 304 g/mol. The van der Waals surface area contributed by atoms with Crippen LogP contribution in [0.5, 0.6) is 0 Å². The van der Waals surface area contributed by atoms with Crippen molar-refractivity contribution in [1.82, 2.24) is 4.98 Å². The van der Waals surface area contributed by atoms with Crippen LogP contribution in [0.15, 0.2) is 24.4 Å². The maximum atomic E-state index is 12.2. The number of aromatic carboxylic acids is 1. The first-order chi connectivity index (χ1) is 10.0. The predicted molar refractivity (Wildman–Crippen MR) is 82.2 cm³/mol. The van der Waals surface area contributed by atoms with Crippen molar-refractivity contribution in [2.45, 2.75) is 26.7 Å². The number of thiophene rings is 1. The fourth-order valence-electron chi connectivity index (χ4n) is 2.01. The number of hydrogen-bond donors (Lipinski definition) is 2. The van der Waals surface area contributed by atoms with E-state index in [1.807, 2.05) is 13.0 Å². The molecule has 0 fully saturated rings. The zero-order valence-electron chi connectivity index (χ0n) is 11.8. The molecule has 0 saturated carbocycles. The van der Waals surface area contributed by atoms with Crippen LogP contribution in [0.2, 0.25) is 0 Å². The summed E-state index contributed by atoms with van der Waals surface area (Å²) in [5.41, 5.74) is 1.21. The Morgan fingerprint density at radius 1 is 1.43 bits per heavy atom. The summed E-state index contributed by atoms with van der Waals surface area (Å²) in [5.74, 6) is -1.47. The van der Waals surface area contributed by atoms with Crippen molar-refractivity contribution in [1.29, 1.82) is 0 Å². The van der Waals surface area contributed by atoms with E-state index in [-0.39, 0.29) is 17.3 Å². The van der Waals surface area contributed by atoms with Gasteiger partial charge in [-0.2, -0.15) is 0 Å². The van der Waals surface area contributed by atoms with Gasteiger partial charge in [0.05, 0.1) is 10.6 Å². The van der Waals surface area contributed by atoms with E-state index in [9.17, 15) is 9.59 Å². The third-order valence-corrected chi connectivity index (χ3v) is 4.11. The van der Waals surface area contributed by atoms with E-state index < -0.39 is 5.97 Å². The number of anilines is 1. The minimum atomic E-state index is -1.17. The van der Waals surface area contributed by atoms with E-state index in [1.54, 1.807) is 6.07 Å². The quantitative estimate of drug-likeness (QED) is 0.887. The van der Waals surface area contributed by atoms with Crippen LogP contribution < -0.4 is 5.32 Å². The van der Waals surface area contributed by atoms with Gasteiger partial charge < -0.3 is 10.4 Å². The first-order valence-electron chi connectivity index (χ1n) is 6.62. The molecule has 0 aliphatic heterocycles. The van der Waals surface area contributed by atoms with E-state index in [0.717, 1.165) is 23.3 Å². The Hall–Kier alpha value is -2.21. The first kappa shape index (κ1) is 15.2. The SMILES string of the molecule is CCCc1cc(C(=O)Nc2cccnc2C(=O)O)sc1C. The van der Waals surface area contributed by atoms with Crippen LogP contribution in [0.1, 0.15) is 43.9 Å². The molecule has 1 amide bonds. The number of carbonyl (C=O) groups excluding carboxylic acids is 1. The first-order valence-corrected chi connectivity index (χ1v) is 7.43. The molecule has 2 heterocycles. The number of carboxylic acids is 1. The molecular weight excluding hydrogens is 288 g/mol. The Bertz CT molecular complexity index is 679. The molecule has 0 bridgehead atoms. The molecule has 0 radical (unpaired) electrons. The van der Waals surface area contributed by atoms with Gasteiger partial charge in [0.1, 0.15) is 0 Å². The number of nitrogens with zero attached hydrogens (tertiary/aromatic N) is 1. The molecule has 21 heavy (non-hydrogen) atoms. The number of pyridine rings is 1. The van der Waals surface area contributed by atoms with Crippen molar-refractivity contribution in [3.05, 3.63) is 45.4 Å². The second-order valence-corrected chi connectivity index (χ2v) is 5.86. The highest BCUT2D eigenvalue weighted by Crippen LogP contribution is 2.24. The molecule has 0 aliphatic rings. The highest BCUT2D eigenvalue weighted by atomic mass is 32.1. The third kappa shape index (κ3) is 3.46. The second-order valence-electron chi connectivity index (χ2n) is 4.60. The molecule has 0 atom stereocenters. The lowest BCUT2D eigenvalue weighted by Gasteiger charge is -2.05. The molecular formula is C15H16N2O3S. The van der Waals surface area contributed by atoms with Crippen LogP contribution in [0.25, 0.3) is 0 Å². The van der Waals surface area contributed by atoms with Crippen molar-refractivity contribution in [3.63, 3.8) is 0 Å². The number of aryl methyl sites for hydroxylation is 2. The molecule has 0 unspecified atom stereocenters. The van der Waals surface area contributed by atoms with E-state index in [0.29, 0.717) is 4.88 Å². The maximum absolute atomic E-state index is 12.2. The van der Waals surface area contributed by atoms with Crippen molar-refractivity contribution in [2.75, 3.05) is 5.32 Å². The fourth-order valence-corrected chi connectivity index (χ4v) is 2.98. The smallest absolute Gasteiger partial charge is 0.356 e. The molecule has 2 aromatic heterocycles. The standard InChI is InChI=1S/C15H16N2O3S/c1-3-5-10-8-12(21-9(10)2)14(18)17-11-6-4-7-16-13(11)15(19)20/h4,6-8H,3,5H2,1-2H3,(H,17,18)(H,19,20). The summed E-state index contributed by atoms with van der Waals surface area (Å²) in [5, 5.41) is 11.7. The van der Waals surface area contributed by atoms with Crippen LogP contribution in [-0.4, -0.2) is 22.0 Å². The lowest BCUT2D eigenvalue weighted by atomic mass is 10.1. The molecule has 5 nitrogen and oxygen atoms in total. The lowest BCUT2D eigenvalue weighted by Crippen LogP contribution is -2.14. The van der Waals surface area contributed by atoms with Gasteiger partial charge in [0.25, 0.3) is 5.91 Å². The van der Waals surface area contributed by atoms with Crippen LogP contribution in [0.4, 0.5) is 5.69 Å². The van der Waals surface area contributed by atoms with Gasteiger partial charge in [-0.15, -0.1) is 11.3 Å². The van der Waals surface area contributed by atoms with Crippen LogP contribution in [-0.2, 0) is 6.42 Å². The van der Waals surface area contributed by atoms with Gasteiger partial charge in [-0.05, 0) is 37.1 Å². The summed E-state index contributed by atoms with van der Waals surface area (Å²) in [4.78, 5) is 28.8. The highest BCUT2D eigenvalue weighted by Gasteiger charge is 2.16. The van der Waals surface area contributed by atoms with Crippen LogP contribution in [0, 0.1) is 6.92 Å². The van der Waals surface area contributed by atoms with Gasteiger partial charge in [-0.25, -0.2) is 9.78 Å². The molecule has 0 spiro atoms. The molecule has 110 valence electrons. The zero-order chi connectivity index (χ0) is 15.4. The van der Waals surface area contributed by atoms with Gasteiger partial charge in [0.2, 0.25) is 0 Å². The Morgan fingerprint density at radius 3 is 2.86 bits per heavy atom. The average Bonchev–Trinajstić information content (AvgIpc) is 2.81. The average molecular weight is 304 g/mol. The van der Waals surface area contributed by atoms with E-state index in [2.05, 4.69) is 17.2 Å². The summed E-state index contributed by atoms with van der Waals surface area (Å²) < 4.78 is 0. The zero-order valence-corrected chi connectivity index (χ0v) is 12.7. The summed E-state index contributed by atoms with van der Waals surface area (Å²) in [7, 11) is 0. The summed E-state index contributed by atoms with van der Waals surface area (Å²) in [6.45, 7) is 4.07. The summed E-state index contributed by atoms with van der Waals surface area (Å²) in [6.07, 6.45) is 3.33. The minimum absolute atomic E-state index is 0.159. The lowest BCUT2D eigenvalue weighted by molar-refractivity contribution is 0.0692.